The Labute approximate surface area is 102 Å². The van der Waals surface area contributed by atoms with Crippen molar-refractivity contribution in [1.29, 1.82) is 0 Å². The lowest BCUT2D eigenvalue weighted by molar-refractivity contribution is -0.141. The second kappa shape index (κ2) is 5.84. The van der Waals surface area contributed by atoms with Crippen molar-refractivity contribution in [3.63, 3.8) is 0 Å². The fourth-order valence-electron chi connectivity index (χ4n) is 1.27. The molecule has 1 unspecified atom stereocenters. The normalized spacial score (nSPS) is 12.2. The predicted molar refractivity (Wildman–Crippen MR) is 64.0 cm³/mol. The molecule has 16 heavy (non-hydrogen) atoms. The highest BCUT2D eigenvalue weighted by molar-refractivity contribution is 9.10. The maximum Gasteiger partial charge on any atom is 0.308 e. The average Bonchev–Trinajstić information content (AvgIpc) is 2.23. The van der Waals surface area contributed by atoms with Gasteiger partial charge >= 0.3 is 5.97 Å². The van der Waals surface area contributed by atoms with Gasteiger partial charge in [0, 0.05) is 11.0 Å². The molecule has 2 N–H and O–H groups in total. The lowest BCUT2D eigenvalue weighted by Gasteiger charge is -2.12. The van der Waals surface area contributed by atoms with Crippen LogP contribution in [-0.4, -0.2) is 17.6 Å². The Morgan fingerprint density at radius 1 is 1.62 bits per heavy atom. The van der Waals surface area contributed by atoms with Gasteiger partial charge in [0.2, 0.25) is 0 Å². The standard InChI is InChI=1S/C11H13BrFNO2/c1-2-7(11(15)16)6-14-10-5-8(12)3-4-9(10)13/h3-5,7,14H,2,6H2,1H3,(H,15,16). The van der Waals surface area contributed by atoms with Crippen LogP contribution >= 0.6 is 15.9 Å². The van der Waals surface area contributed by atoms with E-state index in [1.807, 2.05) is 0 Å². The number of benzene rings is 1. The van der Waals surface area contributed by atoms with Gasteiger partial charge in [-0.1, -0.05) is 22.9 Å². The van der Waals surface area contributed by atoms with Crippen LogP contribution in [-0.2, 0) is 4.79 Å². The number of carboxylic acid groups (broad SMARTS) is 1. The van der Waals surface area contributed by atoms with Gasteiger partial charge in [-0.15, -0.1) is 0 Å². The quantitative estimate of drug-likeness (QED) is 0.876. The zero-order chi connectivity index (χ0) is 12.1. The van der Waals surface area contributed by atoms with Crippen molar-refractivity contribution >= 4 is 27.6 Å². The van der Waals surface area contributed by atoms with Crippen LogP contribution in [0.3, 0.4) is 0 Å². The van der Waals surface area contributed by atoms with Gasteiger partial charge in [0.05, 0.1) is 11.6 Å². The molecule has 88 valence electrons. The maximum atomic E-state index is 13.3. The Morgan fingerprint density at radius 3 is 2.88 bits per heavy atom. The fourth-order valence-corrected chi connectivity index (χ4v) is 1.63. The van der Waals surface area contributed by atoms with Gasteiger partial charge in [-0.2, -0.15) is 0 Å². The molecule has 0 aliphatic rings. The van der Waals surface area contributed by atoms with E-state index in [9.17, 15) is 9.18 Å². The first-order chi connectivity index (χ1) is 7.54. The number of hydrogen-bond donors (Lipinski definition) is 2. The van der Waals surface area contributed by atoms with Crippen molar-refractivity contribution in [3.05, 3.63) is 28.5 Å². The molecule has 0 amide bonds. The van der Waals surface area contributed by atoms with Crippen LogP contribution in [0.1, 0.15) is 13.3 Å². The summed E-state index contributed by atoms with van der Waals surface area (Å²) >= 11 is 3.23. The Bertz CT molecular complexity index is 384. The lowest BCUT2D eigenvalue weighted by atomic mass is 10.1. The van der Waals surface area contributed by atoms with Crippen molar-refractivity contribution in [3.8, 4) is 0 Å². The number of carboxylic acids is 1. The largest absolute Gasteiger partial charge is 0.481 e. The second-order valence-electron chi connectivity index (χ2n) is 3.45. The van der Waals surface area contributed by atoms with Crippen LogP contribution < -0.4 is 5.32 Å². The summed E-state index contributed by atoms with van der Waals surface area (Å²) in [6.45, 7) is 2.01. The van der Waals surface area contributed by atoms with E-state index in [2.05, 4.69) is 21.2 Å². The average molecular weight is 290 g/mol. The van der Waals surface area contributed by atoms with E-state index in [1.54, 1.807) is 19.1 Å². The van der Waals surface area contributed by atoms with E-state index in [4.69, 9.17) is 5.11 Å². The molecule has 1 rings (SSSR count). The zero-order valence-electron chi connectivity index (χ0n) is 8.84. The molecule has 1 aromatic rings. The molecule has 0 saturated carbocycles. The van der Waals surface area contributed by atoms with Crippen molar-refractivity contribution in [2.45, 2.75) is 13.3 Å². The van der Waals surface area contributed by atoms with Crippen LogP contribution in [0.4, 0.5) is 10.1 Å². The molecular formula is C11H13BrFNO2. The van der Waals surface area contributed by atoms with Gasteiger partial charge in [0.25, 0.3) is 0 Å². The molecule has 5 heteroatoms. The summed E-state index contributed by atoms with van der Waals surface area (Å²) in [6.07, 6.45) is 0.512. The van der Waals surface area contributed by atoms with Gasteiger partial charge in [0.1, 0.15) is 5.82 Å². The maximum absolute atomic E-state index is 13.3. The molecule has 0 heterocycles. The highest BCUT2D eigenvalue weighted by Gasteiger charge is 2.15. The van der Waals surface area contributed by atoms with Crippen LogP contribution in [0.5, 0.6) is 0 Å². The molecule has 0 radical (unpaired) electrons. The molecule has 0 spiro atoms. The summed E-state index contributed by atoms with van der Waals surface area (Å²) in [4.78, 5) is 10.8. The predicted octanol–water partition coefficient (Wildman–Crippen LogP) is 3.11. The monoisotopic (exact) mass is 289 g/mol. The number of anilines is 1. The molecule has 0 saturated heterocycles. The molecule has 3 nitrogen and oxygen atoms in total. The number of halogens is 2. The van der Waals surface area contributed by atoms with Gasteiger partial charge in [-0.25, -0.2) is 4.39 Å². The second-order valence-corrected chi connectivity index (χ2v) is 4.36. The Kier molecular flexibility index (Phi) is 4.73. The number of carbonyl (C=O) groups is 1. The first kappa shape index (κ1) is 13.0. The van der Waals surface area contributed by atoms with Gasteiger partial charge < -0.3 is 10.4 Å². The highest BCUT2D eigenvalue weighted by Crippen LogP contribution is 2.20. The molecule has 1 atom stereocenters. The smallest absolute Gasteiger partial charge is 0.308 e. The summed E-state index contributed by atoms with van der Waals surface area (Å²) in [5.74, 6) is -1.76. The molecule has 0 fully saturated rings. The van der Waals surface area contributed by atoms with Gasteiger partial charge in [-0.3, -0.25) is 4.79 Å². The summed E-state index contributed by atoms with van der Waals surface area (Å²) in [7, 11) is 0. The Hall–Kier alpha value is -1.10. The van der Waals surface area contributed by atoms with E-state index in [1.165, 1.54) is 6.07 Å². The summed E-state index contributed by atoms with van der Waals surface area (Å²) < 4.78 is 14.0. The van der Waals surface area contributed by atoms with Gasteiger partial charge in [0.15, 0.2) is 0 Å². The topological polar surface area (TPSA) is 49.3 Å². The first-order valence-corrected chi connectivity index (χ1v) is 5.75. The SMILES string of the molecule is CCC(CNc1cc(Br)ccc1F)C(=O)O. The minimum Gasteiger partial charge on any atom is -0.481 e. The van der Waals surface area contributed by atoms with Gasteiger partial charge in [-0.05, 0) is 24.6 Å². The van der Waals surface area contributed by atoms with E-state index >= 15 is 0 Å². The van der Waals surface area contributed by atoms with E-state index in [-0.39, 0.29) is 12.4 Å². The number of nitrogens with one attached hydrogen (secondary N) is 1. The van der Waals surface area contributed by atoms with Crippen LogP contribution in [0.2, 0.25) is 0 Å². The van der Waals surface area contributed by atoms with Crippen molar-refractivity contribution < 1.29 is 14.3 Å². The van der Waals surface area contributed by atoms with Crippen LogP contribution in [0.15, 0.2) is 22.7 Å². The number of aliphatic carboxylic acids is 1. The summed E-state index contributed by atoms with van der Waals surface area (Å²) in [5.41, 5.74) is 0.314. The van der Waals surface area contributed by atoms with Crippen LogP contribution in [0.25, 0.3) is 0 Å². The molecule has 0 bridgehead atoms. The van der Waals surface area contributed by atoms with Crippen molar-refractivity contribution in [2.75, 3.05) is 11.9 Å². The molecular weight excluding hydrogens is 277 g/mol. The Balaban J connectivity index is 2.66. The number of hydrogen-bond acceptors (Lipinski definition) is 2. The van der Waals surface area contributed by atoms with Crippen molar-refractivity contribution in [2.24, 2.45) is 5.92 Å². The van der Waals surface area contributed by atoms with E-state index in [0.717, 1.165) is 4.47 Å². The summed E-state index contributed by atoms with van der Waals surface area (Å²) in [5, 5.41) is 11.6. The molecule has 0 aliphatic heterocycles. The third-order valence-corrected chi connectivity index (χ3v) is 2.80. The minimum atomic E-state index is -0.870. The highest BCUT2D eigenvalue weighted by atomic mass is 79.9. The third-order valence-electron chi connectivity index (χ3n) is 2.31. The van der Waals surface area contributed by atoms with Crippen molar-refractivity contribution in [1.82, 2.24) is 0 Å². The number of rotatable bonds is 5. The van der Waals surface area contributed by atoms with Crippen LogP contribution in [0, 0.1) is 11.7 Å². The van der Waals surface area contributed by atoms with E-state index < -0.39 is 11.9 Å². The Morgan fingerprint density at radius 2 is 2.31 bits per heavy atom. The zero-order valence-corrected chi connectivity index (χ0v) is 10.4. The molecule has 1 aromatic carbocycles. The lowest BCUT2D eigenvalue weighted by Crippen LogP contribution is -2.22. The summed E-state index contributed by atoms with van der Waals surface area (Å²) in [6, 6.07) is 4.51. The van der Waals surface area contributed by atoms with E-state index in [0.29, 0.717) is 12.1 Å². The third kappa shape index (κ3) is 3.48. The minimum absolute atomic E-state index is 0.221. The molecule has 0 aliphatic carbocycles. The first-order valence-electron chi connectivity index (χ1n) is 4.96. The fraction of sp³-hybridized carbons (Fsp3) is 0.364. The molecule has 0 aromatic heterocycles.